The summed E-state index contributed by atoms with van der Waals surface area (Å²) in [5.74, 6) is 1.57. The summed E-state index contributed by atoms with van der Waals surface area (Å²) in [4.78, 5) is 6.31. The first-order chi connectivity index (χ1) is 17.2. The van der Waals surface area contributed by atoms with Crippen molar-refractivity contribution < 1.29 is 14.3 Å². The van der Waals surface area contributed by atoms with Crippen LogP contribution < -0.4 is 5.73 Å². The maximum atomic E-state index is 9.26. The average Bonchev–Trinajstić information content (AvgIpc) is 3.22. The SMILES string of the molecule is CC.Cc1cccc(/C=C/c2nc(COC3=CC=C(CCCCN(/C=C\N)CO)CCC3)co2)c1. The van der Waals surface area contributed by atoms with E-state index in [4.69, 9.17) is 14.9 Å². The predicted molar refractivity (Wildman–Crippen MR) is 144 cm³/mol. The maximum Gasteiger partial charge on any atom is 0.218 e. The van der Waals surface area contributed by atoms with Crippen molar-refractivity contribution in [1.29, 1.82) is 0 Å². The van der Waals surface area contributed by atoms with Crippen LogP contribution in [0.15, 0.2) is 70.8 Å². The number of aliphatic hydroxyl groups is 1. The zero-order valence-electron chi connectivity index (χ0n) is 21.5. The summed E-state index contributed by atoms with van der Waals surface area (Å²) >= 11 is 0. The van der Waals surface area contributed by atoms with Crippen molar-refractivity contribution in [2.75, 3.05) is 13.3 Å². The molecule has 0 unspecified atom stereocenters. The van der Waals surface area contributed by atoms with Gasteiger partial charge >= 0.3 is 0 Å². The van der Waals surface area contributed by atoms with E-state index >= 15 is 0 Å². The highest BCUT2D eigenvalue weighted by Gasteiger charge is 2.08. The lowest BCUT2D eigenvalue weighted by Crippen LogP contribution is -2.20. The largest absolute Gasteiger partial charge is 0.492 e. The van der Waals surface area contributed by atoms with Crippen LogP contribution >= 0.6 is 0 Å². The summed E-state index contributed by atoms with van der Waals surface area (Å²) in [6, 6.07) is 8.29. The van der Waals surface area contributed by atoms with E-state index in [2.05, 4.69) is 42.3 Å². The second kappa shape index (κ2) is 16.4. The van der Waals surface area contributed by atoms with E-state index in [9.17, 15) is 5.11 Å². The Morgan fingerprint density at radius 3 is 2.80 bits per heavy atom. The number of nitrogens with zero attached hydrogens (tertiary/aromatic N) is 2. The Hall–Kier alpha value is -3.25. The Labute approximate surface area is 210 Å². The molecule has 1 aliphatic carbocycles. The van der Waals surface area contributed by atoms with Crippen LogP contribution in [0.5, 0.6) is 0 Å². The summed E-state index contributed by atoms with van der Waals surface area (Å²) in [5.41, 5.74) is 9.96. The zero-order chi connectivity index (χ0) is 25.3. The van der Waals surface area contributed by atoms with Gasteiger partial charge in [0, 0.05) is 31.4 Å². The van der Waals surface area contributed by atoms with Gasteiger partial charge in [0.15, 0.2) is 0 Å². The fraction of sp³-hybridized carbons (Fsp3) is 0.414. The third-order valence-electron chi connectivity index (χ3n) is 5.53. The fourth-order valence-electron chi connectivity index (χ4n) is 3.75. The molecule has 0 saturated heterocycles. The molecule has 0 aliphatic heterocycles. The Morgan fingerprint density at radius 1 is 1.17 bits per heavy atom. The van der Waals surface area contributed by atoms with Crippen molar-refractivity contribution in [1.82, 2.24) is 9.88 Å². The molecule has 0 bridgehead atoms. The molecule has 0 amide bonds. The van der Waals surface area contributed by atoms with Crippen molar-refractivity contribution in [2.45, 2.75) is 65.9 Å². The van der Waals surface area contributed by atoms with Crippen LogP contribution in [0.25, 0.3) is 12.2 Å². The molecule has 0 saturated carbocycles. The van der Waals surface area contributed by atoms with Crippen molar-refractivity contribution in [3.63, 3.8) is 0 Å². The van der Waals surface area contributed by atoms with E-state index in [-0.39, 0.29) is 6.73 Å². The first kappa shape index (κ1) is 28.0. The minimum atomic E-state index is -0.00411. The molecule has 1 aliphatic rings. The molecule has 0 atom stereocenters. The lowest BCUT2D eigenvalue weighted by molar-refractivity contribution is 0.149. The van der Waals surface area contributed by atoms with Crippen LogP contribution in [0.3, 0.4) is 0 Å². The minimum absolute atomic E-state index is 0.00411. The number of nitrogens with two attached hydrogens (primary N) is 1. The third kappa shape index (κ3) is 10.7. The molecule has 1 heterocycles. The van der Waals surface area contributed by atoms with E-state index in [0.29, 0.717) is 12.5 Å². The van der Waals surface area contributed by atoms with E-state index in [1.54, 1.807) is 17.4 Å². The second-order valence-corrected chi connectivity index (χ2v) is 8.28. The van der Waals surface area contributed by atoms with Crippen molar-refractivity contribution in [3.05, 3.63) is 89.1 Å². The van der Waals surface area contributed by atoms with Gasteiger partial charge in [-0.1, -0.05) is 55.3 Å². The van der Waals surface area contributed by atoms with Gasteiger partial charge in [-0.05, 0) is 56.7 Å². The van der Waals surface area contributed by atoms with E-state index in [0.717, 1.165) is 62.1 Å². The molecule has 0 fully saturated rings. The number of ether oxygens (including phenoxy) is 1. The summed E-state index contributed by atoms with van der Waals surface area (Å²) in [6.45, 7) is 7.28. The maximum absolute atomic E-state index is 9.26. The lowest BCUT2D eigenvalue weighted by Gasteiger charge is -2.16. The molecule has 1 aromatic carbocycles. The molecule has 2 aromatic rings. The summed E-state index contributed by atoms with van der Waals surface area (Å²) in [7, 11) is 0. The first-order valence-electron chi connectivity index (χ1n) is 12.6. The number of allylic oxidation sites excluding steroid dienone is 4. The molecule has 190 valence electrons. The quantitative estimate of drug-likeness (QED) is 0.265. The minimum Gasteiger partial charge on any atom is -0.492 e. The molecule has 6 heteroatoms. The average molecular weight is 480 g/mol. The summed E-state index contributed by atoms with van der Waals surface area (Å²) in [6.07, 6.45) is 19.3. The molecule has 0 spiro atoms. The van der Waals surface area contributed by atoms with Gasteiger partial charge in [0.25, 0.3) is 0 Å². The highest BCUT2D eigenvalue weighted by atomic mass is 16.5. The van der Waals surface area contributed by atoms with Crippen molar-refractivity contribution >= 4 is 12.2 Å². The van der Waals surface area contributed by atoms with Crippen LogP contribution in [0.1, 0.15) is 75.1 Å². The number of benzene rings is 1. The Balaban J connectivity index is 0.00000210. The van der Waals surface area contributed by atoms with Gasteiger partial charge in [0.2, 0.25) is 5.89 Å². The molecule has 0 radical (unpaired) electrons. The van der Waals surface area contributed by atoms with Crippen LogP contribution in [-0.4, -0.2) is 28.3 Å². The van der Waals surface area contributed by atoms with Gasteiger partial charge in [0.05, 0.1) is 5.76 Å². The fourth-order valence-corrected chi connectivity index (χ4v) is 3.75. The van der Waals surface area contributed by atoms with E-state index in [1.165, 1.54) is 17.3 Å². The number of aliphatic hydroxyl groups excluding tert-OH is 1. The Morgan fingerprint density at radius 2 is 2.03 bits per heavy atom. The monoisotopic (exact) mass is 479 g/mol. The molecule has 3 N–H and O–H groups in total. The van der Waals surface area contributed by atoms with Gasteiger partial charge < -0.3 is 24.9 Å². The molecular formula is C29H41N3O3. The topological polar surface area (TPSA) is 84.8 Å². The molecule has 1 aromatic heterocycles. The Bertz CT molecular complexity index is 989. The number of oxazole rings is 1. The van der Waals surface area contributed by atoms with Crippen molar-refractivity contribution in [2.24, 2.45) is 5.73 Å². The molecule has 3 rings (SSSR count). The van der Waals surface area contributed by atoms with Gasteiger partial charge in [0.1, 0.15) is 25.3 Å². The van der Waals surface area contributed by atoms with Gasteiger partial charge in [-0.15, -0.1) is 0 Å². The van der Waals surface area contributed by atoms with Crippen LogP contribution in [0, 0.1) is 6.92 Å². The molecule has 6 nitrogen and oxygen atoms in total. The standard InChI is InChI=1S/C27H35N3O3.C2H6/c1-22-6-4-9-24(18-22)12-14-27-29-25(20-33-27)19-32-26-10-5-8-23(11-13-26)7-2-3-16-30(21-31)17-15-28;1-2/h4,6,9,11-15,17-18,20,31H,2-3,5,7-8,10,16,19,21,28H2,1H3;1-2H3/b14-12+,17-15-;. The number of aromatic nitrogens is 1. The number of unbranched alkanes of at least 4 members (excludes halogenated alkanes) is 1. The summed E-state index contributed by atoms with van der Waals surface area (Å²) < 4.78 is 11.6. The highest BCUT2D eigenvalue weighted by molar-refractivity contribution is 5.66. The van der Waals surface area contributed by atoms with E-state index < -0.39 is 0 Å². The van der Waals surface area contributed by atoms with Crippen LogP contribution in [-0.2, 0) is 11.3 Å². The second-order valence-electron chi connectivity index (χ2n) is 8.28. The lowest BCUT2D eigenvalue weighted by atomic mass is 10.0. The molecule has 35 heavy (non-hydrogen) atoms. The van der Waals surface area contributed by atoms with Crippen LogP contribution in [0.2, 0.25) is 0 Å². The normalized spacial score (nSPS) is 13.7. The summed E-state index contributed by atoms with van der Waals surface area (Å²) in [5, 5.41) is 9.26. The van der Waals surface area contributed by atoms with Crippen LogP contribution in [0.4, 0.5) is 0 Å². The number of hydrogen-bond donors (Lipinski definition) is 2. The van der Waals surface area contributed by atoms with Gasteiger partial charge in [-0.3, -0.25) is 0 Å². The Kier molecular flexibility index (Phi) is 13.1. The number of aryl methyl sites for hydroxylation is 1. The highest BCUT2D eigenvalue weighted by Crippen LogP contribution is 2.23. The number of rotatable bonds is 12. The third-order valence-corrected chi connectivity index (χ3v) is 5.53. The molecular weight excluding hydrogens is 438 g/mol. The first-order valence-corrected chi connectivity index (χ1v) is 12.6. The number of hydrogen-bond acceptors (Lipinski definition) is 6. The van der Waals surface area contributed by atoms with Crippen molar-refractivity contribution in [3.8, 4) is 0 Å². The van der Waals surface area contributed by atoms with E-state index in [1.807, 2.05) is 32.1 Å². The smallest absolute Gasteiger partial charge is 0.218 e. The van der Waals surface area contributed by atoms with Gasteiger partial charge in [-0.25, -0.2) is 4.98 Å². The van der Waals surface area contributed by atoms with Gasteiger partial charge in [-0.2, -0.15) is 0 Å². The zero-order valence-corrected chi connectivity index (χ0v) is 21.5. The predicted octanol–water partition coefficient (Wildman–Crippen LogP) is 6.54.